The van der Waals surface area contributed by atoms with Gasteiger partial charge in [0.15, 0.2) is 0 Å². The molecule has 10 heteroatoms. The van der Waals surface area contributed by atoms with E-state index >= 15 is 0 Å². The fraction of sp³-hybridized carbons (Fsp3) is 0.300. The number of rotatable bonds is 6. The molecule has 1 atom stereocenters. The monoisotopic (exact) mass is 544 g/mol. The standard InChI is InChI=1S/C30H33BN2O7/c1-21-9-14-24(7-5-6-8-27(21)38-26-15-10-22(11-16-26)30(36)32(2)3)37-25-17-12-23(13-18-25)31-39-28(34)19-33(4)20-29(35)40-31/h5-6,8,10-13,15-18,24H,1,7,9,14,19-20H2,2-4H3/b6-5-,27-8?/t24-/m0/s1. The van der Waals surface area contributed by atoms with Gasteiger partial charge in [-0.1, -0.05) is 30.9 Å². The average molecular weight is 544 g/mol. The summed E-state index contributed by atoms with van der Waals surface area (Å²) in [4.78, 5) is 39.3. The molecule has 0 radical (unpaired) electrons. The van der Waals surface area contributed by atoms with Gasteiger partial charge in [-0.25, -0.2) is 0 Å². The van der Waals surface area contributed by atoms with Crippen LogP contribution in [0.15, 0.2) is 84.7 Å². The third-order valence-electron chi connectivity index (χ3n) is 6.36. The van der Waals surface area contributed by atoms with E-state index in [2.05, 4.69) is 6.58 Å². The summed E-state index contributed by atoms with van der Waals surface area (Å²) < 4.78 is 23.0. The minimum Gasteiger partial charge on any atom is -0.494 e. The second-order valence-electron chi connectivity index (χ2n) is 9.96. The fourth-order valence-corrected chi connectivity index (χ4v) is 4.21. The van der Waals surface area contributed by atoms with E-state index in [1.165, 1.54) is 9.80 Å². The molecule has 1 fully saturated rings. The number of likely N-dealkylation sites (N-methyl/N-ethyl adjacent to an activating group) is 1. The minimum absolute atomic E-state index is 0.0129. The first-order valence-electron chi connectivity index (χ1n) is 13.1. The molecule has 1 aliphatic carbocycles. The molecule has 9 nitrogen and oxygen atoms in total. The Kier molecular flexibility index (Phi) is 9.45. The molecule has 208 valence electrons. The van der Waals surface area contributed by atoms with E-state index in [-0.39, 0.29) is 25.1 Å². The van der Waals surface area contributed by atoms with E-state index in [4.69, 9.17) is 18.8 Å². The predicted octanol–water partition coefficient (Wildman–Crippen LogP) is 3.12. The molecule has 2 aromatic rings. The molecule has 0 unspecified atom stereocenters. The van der Waals surface area contributed by atoms with Crippen molar-refractivity contribution < 1.29 is 33.2 Å². The first kappa shape index (κ1) is 28.7. The molecular formula is C30H33BN2O7. The van der Waals surface area contributed by atoms with Crippen molar-refractivity contribution in [1.29, 1.82) is 0 Å². The maximum Gasteiger partial charge on any atom is 0.636 e. The van der Waals surface area contributed by atoms with Gasteiger partial charge in [-0.15, -0.1) is 0 Å². The lowest BCUT2D eigenvalue weighted by Gasteiger charge is -2.23. The Bertz CT molecular complexity index is 1280. The van der Waals surface area contributed by atoms with Crippen molar-refractivity contribution in [2.75, 3.05) is 34.2 Å². The van der Waals surface area contributed by atoms with Gasteiger partial charge in [-0.05, 0) is 67.9 Å². The molecule has 2 aliphatic rings. The zero-order valence-corrected chi connectivity index (χ0v) is 23.0. The molecule has 0 aromatic heterocycles. The van der Waals surface area contributed by atoms with Gasteiger partial charge in [0, 0.05) is 31.5 Å². The van der Waals surface area contributed by atoms with E-state index in [0.29, 0.717) is 47.5 Å². The Hall–Kier alpha value is -4.31. The molecule has 0 saturated carbocycles. The largest absolute Gasteiger partial charge is 0.636 e. The molecule has 4 rings (SSSR count). The van der Waals surface area contributed by atoms with Crippen LogP contribution in [-0.2, 0) is 18.9 Å². The maximum absolute atomic E-state index is 12.1. The number of carbonyl (C=O) groups is 3. The predicted molar refractivity (Wildman–Crippen MR) is 151 cm³/mol. The third kappa shape index (κ3) is 7.86. The Balaban J connectivity index is 1.33. The van der Waals surface area contributed by atoms with Crippen LogP contribution in [0.4, 0.5) is 0 Å². The highest BCUT2D eigenvalue weighted by atomic mass is 16.6. The van der Waals surface area contributed by atoms with Crippen molar-refractivity contribution in [3.8, 4) is 11.5 Å². The van der Waals surface area contributed by atoms with Crippen molar-refractivity contribution in [3.63, 3.8) is 0 Å². The van der Waals surface area contributed by atoms with Crippen LogP contribution in [0, 0.1) is 0 Å². The Morgan fingerprint density at radius 2 is 1.62 bits per heavy atom. The van der Waals surface area contributed by atoms with Gasteiger partial charge in [-0.3, -0.25) is 19.3 Å². The number of hydrogen-bond donors (Lipinski definition) is 0. The zero-order valence-electron chi connectivity index (χ0n) is 23.0. The Morgan fingerprint density at radius 3 is 2.25 bits per heavy atom. The number of ether oxygens (including phenoxy) is 2. The van der Waals surface area contributed by atoms with Gasteiger partial charge in [0.2, 0.25) is 0 Å². The highest BCUT2D eigenvalue weighted by Crippen LogP contribution is 2.25. The second-order valence-corrected chi connectivity index (χ2v) is 9.96. The van der Waals surface area contributed by atoms with E-state index in [1.807, 2.05) is 18.2 Å². The SMILES string of the molecule is C=C1CC[C@@H](Oc2ccc(B3OC(=O)CN(C)CC(=O)O3)cc2)C/C=C\C=C1Oc1ccc(C(=O)N(C)C)cc1. The summed E-state index contributed by atoms with van der Waals surface area (Å²) in [6, 6.07) is 14.0. The molecule has 0 spiro atoms. The van der Waals surface area contributed by atoms with Crippen molar-refractivity contribution in [1.82, 2.24) is 9.80 Å². The minimum atomic E-state index is -1.09. The smallest absolute Gasteiger partial charge is 0.494 e. The Morgan fingerprint density at radius 1 is 1.00 bits per heavy atom. The quantitative estimate of drug-likeness (QED) is 0.513. The van der Waals surface area contributed by atoms with Crippen LogP contribution >= 0.6 is 0 Å². The first-order valence-corrected chi connectivity index (χ1v) is 13.1. The van der Waals surface area contributed by atoms with Gasteiger partial charge >= 0.3 is 19.1 Å². The van der Waals surface area contributed by atoms with E-state index < -0.39 is 19.1 Å². The van der Waals surface area contributed by atoms with Gasteiger partial charge in [0.25, 0.3) is 5.91 Å². The number of nitrogens with zero attached hydrogens (tertiary/aromatic N) is 2. The number of amides is 1. The zero-order chi connectivity index (χ0) is 28.6. The van der Waals surface area contributed by atoms with Crippen LogP contribution in [0.1, 0.15) is 29.6 Å². The number of benzene rings is 2. The lowest BCUT2D eigenvalue weighted by Crippen LogP contribution is -2.47. The van der Waals surface area contributed by atoms with Crippen LogP contribution in [0.3, 0.4) is 0 Å². The lowest BCUT2D eigenvalue weighted by molar-refractivity contribution is -0.145. The number of carbonyl (C=O) groups excluding carboxylic acids is 3. The summed E-state index contributed by atoms with van der Waals surface area (Å²) >= 11 is 0. The third-order valence-corrected chi connectivity index (χ3v) is 6.36. The first-order chi connectivity index (χ1) is 19.2. The van der Waals surface area contributed by atoms with Crippen molar-refractivity contribution >= 4 is 30.4 Å². The van der Waals surface area contributed by atoms with Crippen LogP contribution in [0.5, 0.6) is 11.5 Å². The summed E-state index contributed by atoms with van der Waals surface area (Å²) in [7, 11) is 3.99. The summed E-state index contributed by atoms with van der Waals surface area (Å²) in [6.45, 7) is 4.24. The van der Waals surface area contributed by atoms with Crippen molar-refractivity contribution in [2.24, 2.45) is 0 Å². The molecule has 1 saturated heterocycles. The van der Waals surface area contributed by atoms with Crippen molar-refractivity contribution in [2.45, 2.75) is 25.4 Å². The Labute approximate surface area is 234 Å². The summed E-state index contributed by atoms with van der Waals surface area (Å²) in [5, 5.41) is 0. The number of hydrogen-bond acceptors (Lipinski definition) is 8. The molecule has 0 bridgehead atoms. The number of allylic oxidation sites excluding steroid dienone is 3. The molecule has 1 heterocycles. The van der Waals surface area contributed by atoms with E-state index in [1.54, 1.807) is 69.7 Å². The molecule has 1 aliphatic heterocycles. The molecule has 0 N–H and O–H groups in total. The topological polar surface area (TPSA) is 94.6 Å². The van der Waals surface area contributed by atoms with Crippen LogP contribution in [0.2, 0.25) is 0 Å². The lowest BCUT2D eigenvalue weighted by atomic mass is 9.78. The van der Waals surface area contributed by atoms with Crippen molar-refractivity contribution in [3.05, 3.63) is 90.2 Å². The highest BCUT2D eigenvalue weighted by molar-refractivity contribution is 6.64. The summed E-state index contributed by atoms with van der Waals surface area (Å²) in [5.41, 5.74) is 1.97. The molecule has 40 heavy (non-hydrogen) atoms. The summed E-state index contributed by atoms with van der Waals surface area (Å²) in [5.74, 6) is 0.920. The molecule has 1 amide bonds. The van der Waals surface area contributed by atoms with E-state index in [0.717, 1.165) is 5.57 Å². The normalized spacial score (nSPS) is 19.5. The van der Waals surface area contributed by atoms with E-state index in [9.17, 15) is 14.4 Å². The van der Waals surface area contributed by atoms with Gasteiger partial charge < -0.3 is 23.7 Å². The van der Waals surface area contributed by atoms with Gasteiger partial charge in [0.1, 0.15) is 23.4 Å². The fourth-order valence-electron chi connectivity index (χ4n) is 4.21. The highest BCUT2D eigenvalue weighted by Gasteiger charge is 2.33. The molecule has 2 aromatic carbocycles. The molecular weight excluding hydrogens is 511 g/mol. The van der Waals surface area contributed by atoms with Crippen LogP contribution < -0.4 is 14.9 Å². The second kappa shape index (κ2) is 13.2. The van der Waals surface area contributed by atoms with Gasteiger partial charge in [0.05, 0.1) is 13.1 Å². The van der Waals surface area contributed by atoms with Crippen LogP contribution in [0.25, 0.3) is 0 Å². The maximum atomic E-state index is 12.1. The average Bonchev–Trinajstić information content (AvgIpc) is 2.99. The van der Waals surface area contributed by atoms with Crippen LogP contribution in [-0.4, -0.2) is 75.1 Å². The van der Waals surface area contributed by atoms with Gasteiger partial charge in [-0.2, -0.15) is 0 Å². The summed E-state index contributed by atoms with van der Waals surface area (Å²) in [6.07, 6.45) is 7.78.